The molecule has 20 heavy (non-hydrogen) atoms. The summed E-state index contributed by atoms with van der Waals surface area (Å²) in [5.41, 5.74) is -0.605. The summed E-state index contributed by atoms with van der Waals surface area (Å²) in [6.45, 7) is 7.51. The summed E-state index contributed by atoms with van der Waals surface area (Å²) in [7, 11) is 0. The zero-order valence-corrected chi connectivity index (χ0v) is 12.6. The topological polar surface area (TPSA) is 43.4 Å². The highest BCUT2D eigenvalue weighted by molar-refractivity contribution is 5.37. The van der Waals surface area contributed by atoms with Crippen molar-refractivity contribution >= 4 is 0 Å². The number of terminal acetylenes is 1. The fourth-order valence-corrected chi connectivity index (χ4v) is 3.54. The molecular formula is C17H22NO2. The van der Waals surface area contributed by atoms with Gasteiger partial charge in [0, 0.05) is 29.5 Å². The first-order valence-corrected chi connectivity index (χ1v) is 6.88. The van der Waals surface area contributed by atoms with Gasteiger partial charge in [0.25, 0.3) is 0 Å². The van der Waals surface area contributed by atoms with Crippen LogP contribution in [-0.4, -0.2) is 21.2 Å². The van der Waals surface area contributed by atoms with E-state index in [9.17, 15) is 10.3 Å². The first kappa shape index (κ1) is 15.1. The van der Waals surface area contributed by atoms with Gasteiger partial charge in [0.15, 0.2) is 0 Å². The number of hydrogen-bond acceptors (Lipinski definition) is 2. The van der Waals surface area contributed by atoms with Gasteiger partial charge in [0.2, 0.25) is 0 Å². The molecule has 0 unspecified atom stereocenters. The predicted molar refractivity (Wildman–Crippen MR) is 78.2 cm³/mol. The van der Waals surface area contributed by atoms with E-state index in [1.54, 1.807) is 0 Å². The lowest BCUT2D eigenvalue weighted by molar-refractivity contribution is -0.314. The van der Waals surface area contributed by atoms with Crippen LogP contribution in [0.4, 0.5) is 0 Å². The highest BCUT2D eigenvalue weighted by Gasteiger charge is 2.53. The number of piperidine rings is 1. The van der Waals surface area contributed by atoms with E-state index in [-0.39, 0.29) is 0 Å². The van der Waals surface area contributed by atoms with Gasteiger partial charge in [-0.05, 0) is 45.4 Å². The van der Waals surface area contributed by atoms with Crippen LogP contribution in [0.25, 0.3) is 0 Å². The van der Waals surface area contributed by atoms with E-state index in [1.807, 2.05) is 52.0 Å². The first-order valence-electron chi connectivity index (χ1n) is 6.88. The lowest BCUT2D eigenvalue weighted by atomic mass is 9.69. The van der Waals surface area contributed by atoms with Crippen LogP contribution in [0.2, 0.25) is 0 Å². The molecule has 1 fully saturated rings. The van der Waals surface area contributed by atoms with Gasteiger partial charge in [-0.1, -0.05) is 18.1 Å². The van der Waals surface area contributed by atoms with Gasteiger partial charge < -0.3 is 5.11 Å². The van der Waals surface area contributed by atoms with Crippen molar-refractivity contribution in [2.45, 2.75) is 57.2 Å². The summed E-state index contributed by atoms with van der Waals surface area (Å²) in [4.78, 5) is 0. The molecule has 0 aromatic heterocycles. The molecule has 0 aliphatic carbocycles. The molecule has 0 atom stereocenters. The molecule has 3 heteroatoms. The van der Waals surface area contributed by atoms with Gasteiger partial charge in [0.1, 0.15) is 0 Å². The van der Waals surface area contributed by atoms with Crippen LogP contribution in [0.1, 0.15) is 51.7 Å². The van der Waals surface area contributed by atoms with Crippen LogP contribution >= 0.6 is 0 Å². The van der Waals surface area contributed by atoms with Crippen molar-refractivity contribution < 1.29 is 10.3 Å². The minimum absolute atomic E-state index is 0.405. The van der Waals surface area contributed by atoms with E-state index in [4.69, 9.17) is 6.42 Å². The summed E-state index contributed by atoms with van der Waals surface area (Å²) < 4.78 is 0. The molecule has 1 radical (unpaired) electrons. The van der Waals surface area contributed by atoms with Crippen LogP contribution < -0.4 is 0 Å². The maximum Gasteiger partial charge on any atom is 0.0933 e. The van der Waals surface area contributed by atoms with Crippen molar-refractivity contribution in [3.63, 3.8) is 0 Å². The lowest BCUT2D eigenvalue weighted by Crippen LogP contribution is -2.62. The molecule has 1 aromatic rings. The number of hydroxylamine groups is 2. The van der Waals surface area contributed by atoms with E-state index >= 15 is 0 Å². The van der Waals surface area contributed by atoms with Gasteiger partial charge in [0.05, 0.1) is 5.60 Å². The van der Waals surface area contributed by atoms with E-state index in [0.717, 1.165) is 16.2 Å². The summed E-state index contributed by atoms with van der Waals surface area (Å²) in [6.07, 6.45) is 6.17. The average molecular weight is 272 g/mol. The molecule has 1 aliphatic rings. The molecule has 1 heterocycles. The van der Waals surface area contributed by atoms with Gasteiger partial charge >= 0.3 is 0 Å². The highest BCUT2D eigenvalue weighted by Crippen LogP contribution is 2.47. The Kier molecular flexibility index (Phi) is 3.46. The van der Waals surface area contributed by atoms with Gasteiger partial charge in [-0.25, -0.2) is 0 Å². The quantitative estimate of drug-likeness (QED) is 0.799. The fraction of sp³-hybridized carbons (Fsp3) is 0.529. The Morgan fingerprint density at radius 2 is 1.55 bits per heavy atom. The molecule has 2 rings (SSSR count). The molecule has 1 N–H and O–H groups in total. The number of aliphatic hydroxyl groups is 1. The van der Waals surface area contributed by atoms with E-state index in [2.05, 4.69) is 5.92 Å². The number of nitrogens with zero attached hydrogens (tertiary/aromatic N) is 1. The van der Waals surface area contributed by atoms with Crippen LogP contribution in [0.5, 0.6) is 0 Å². The Morgan fingerprint density at radius 1 is 1.10 bits per heavy atom. The summed E-state index contributed by atoms with van der Waals surface area (Å²) in [5.74, 6) is 2.57. The van der Waals surface area contributed by atoms with Crippen molar-refractivity contribution in [1.29, 1.82) is 0 Å². The Morgan fingerprint density at radius 3 is 1.95 bits per heavy atom. The maximum atomic E-state index is 12.4. The third-order valence-electron chi connectivity index (χ3n) is 4.14. The highest BCUT2D eigenvalue weighted by atomic mass is 16.5. The van der Waals surface area contributed by atoms with Gasteiger partial charge in [-0.15, -0.1) is 16.7 Å². The smallest absolute Gasteiger partial charge is 0.0933 e. The Hall–Kier alpha value is -1.34. The predicted octanol–water partition coefficient (Wildman–Crippen LogP) is 2.85. The molecule has 3 nitrogen and oxygen atoms in total. The minimum atomic E-state index is -0.999. The second-order valence-corrected chi connectivity index (χ2v) is 7.03. The zero-order valence-electron chi connectivity index (χ0n) is 12.6. The van der Waals surface area contributed by atoms with E-state index < -0.39 is 16.7 Å². The third-order valence-corrected chi connectivity index (χ3v) is 4.14. The molecule has 1 aromatic carbocycles. The molecule has 107 valence electrons. The molecule has 0 saturated carbocycles. The first-order chi connectivity index (χ1) is 9.11. The molecule has 0 spiro atoms. The molecule has 0 bridgehead atoms. The normalized spacial score (nSPS) is 24.1. The van der Waals surface area contributed by atoms with Crippen LogP contribution in [0, 0.1) is 12.3 Å². The van der Waals surface area contributed by atoms with Crippen molar-refractivity contribution in [2.24, 2.45) is 0 Å². The van der Waals surface area contributed by atoms with Crippen molar-refractivity contribution in [3.05, 3.63) is 35.4 Å². The molecule has 0 amide bonds. The summed E-state index contributed by atoms with van der Waals surface area (Å²) in [6, 6.07) is 7.39. The van der Waals surface area contributed by atoms with E-state index in [0.29, 0.717) is 12.8 Å². The van der Waals surface area contributed by atoms with Crippen molar-refractivity contribution in [2.75, 3.05) is 0 Å². The zero-order chi connectivity index (χ0) is 15.2. The Labute approximate surface area is 121 Å². The third kappa shape index (κ3) is 2.47. The molecular weight excluding hydrogens is 250 g/mol. The van der Waals surface area contributed by atoms with Crippen LogP contribution in [-0.2, 0) is 10.8 Å². The maximum absolute atomic E-state index is 12.4. The second-order valence-electron chi connectivity index (χ2n) is 7.03. The monoisotopic (exact) mass is 272 g/mol. The fourth-order valence-electron chi connectivity index (χ4n) is 3.54. The van der Waals surface area contributed by atoms with Crippen LogP contribution in [0.3, 0.4) is 0 Å². The molecule has 1 aliphatic heterocycles. The summed E-state index contributed by atoms with van der Waals surface area (Å²) in [5, 5.41) is 24.6. The van der Waals surface area contributed by atoms with Crippen LogP contribution in [0.15, 0.2) is 24.3 Å². The Bertz CT molecular complexity index is 519. The summed E-state index contributed by atoms with van der Waals surface area (Å²) >= 11 is 0. The van der Waals surface area contributed by atoms with Gasteiger partial charge in [-0.3, -0.25) is 0 Å². The average Bonchev–Trinajstić information content (AvgIpc) is 2.35. The SMILES string of the molecule is C#Cc1ccc(C2(O)CC(C)(C)N([O])C(C)(C)C2)cc1. The van der Waals surface area contributed by atoms with Crippen molar-refractivity contribution in [1.82, 2.24) is 5.06 Å². The molecule has 1 saturated heterocycles. The minimum Gasteiger partial charge on any atom is -0.385 e. The van der Waals surface area contributed by atoms with Crippen molar-refractivity contribution in [3.8, 4) is 12.3 Å². The Balaban J connectivity index is 2.41. The number of benzene rings is 1. The number of rotatable bonds is 1. The largest absolute Gasteiger partial charge is 0.385 e. The second kappa shape index (κ2) is 4.60. The lowest BCUT2D eigenvalue weighted by Gasteiger charge is -2.53. The standard InChI is InChI=1S/C17H22NO2/c1-6-13-7-9-14(10-8-13)17(19)11-15(2,3)18(20)16(4,5)12-17/h1,7-10,19H,11-12H2,2-5H3. The van der Waals surface area contributed by atoms with E-state index in [1.165, 1.54) is 0 Å². The van der Waals surface area contributed by atoms with Gasteiger partial charge in [-0.2, -0.15) is 0 Å². The number of hydrogen-bond donors (Lipinski definition) is 1.